The molecule has 1 aromatic carbocycles. The lowest BCUT2D eigenvalue weighted by molar-refractivity contribution is -0.114. The van der Waals surface area contributed by atoms with Crippen LogP contribution in [0.2, 0.25) is 0 Å². The summed E-state index contributed by atoms with van der Waals surface area (Å²) in [4.78, 5) is 14.4. The van der Waals surface area contributed by atoms with Gasteiger partial charge >= 0.3 is 0 Å². The van der Waals surface area contributed by atoms with Crippen LogP contribution in [0.25, 0.3) is 0 Å². The zero-order chi connectivity index (χ0) is 16.1. The van der Waals surface area contributed by atoms with Gasteiger partial charge in [0.1, 0.15) is 5.76 Å². The Morgan fingerprint density at radius 2 is 2.04 bits per heavy atom. The maximum atomic E-state index is 12.0. The van der Waals surface area contributed by atoms with Gasteiger partial charge in [0.25, 0.3) is 0 Å². The Morgan fingerprint density at radius 3 is 2.78 bits per heavy atom. The summed E-state index contributed by atoms with van der Waals surface area (Å²) < 4.78 is 4.93. The van der Waals surface area contributed by atoms with Gasteiger partial charge in [0.2, 0.25) is 5.91 Å². The number of amides is 1. The fourth-order valence-electron chi connectivity index (χ4n) is 2.82. The Balaban J connectivity index is 1.60. The van der Waals surface area contributed by atoms with E-state index in [2.05, 4.69) is 26.8 Å². The monoisotopic (exact) mass is 314 g/mol. The van der Waals surface area contributed by atoms with Crippen molar-refractivity contribution in [2.45, 2.75) is 26.2 Å². The van der Waals surface area contributed by atoms with Crippen LogP contribution in [-0.2, 0) is 4.79 Å². The lowest BCUT2D eigenvalue weighted by atomic mass is 10.1. The summed E-state index contributed by atoms with van der Waals surface area (Å²) in [6, 6.07) is 9.83. The molecule has 1 amide bonds. The van der Waals surface area contributed by atoms with Crippen LogP contribution in [0, 0.1) is 6.92 Å². The molecule has 2 N–H and O–H groups in total. The Morgan fingerprint density at radius 1 is 1.26 bits per heavy atom. The number of benzene rings is 1. The van der Waals surface area contributed by atoms with Gasteiger partial charge in [-0.1, -0.05) is 17.3 Å². The molecule has 1 saturated heterocycles. The number of hydrogen-bond acceptors (Lipinski definition) is 5. The maximum absolute atomic E-state index is 12.0. The smallest absolute Gasteiger partial charge is 0.244 e. The van der Waals surface area contributed by atoms with E-state index >= 15 is 0 Å². The molecule has 122 valence electrons. The van der Waals surface area contributed by atoms with Gasteiger partial charge in [-0.3, -0.25) is 4.79 Å². The number of nitrogens with zero attached hydrogens (tertiary/aromatic N) is 2. The molecule has 1 aromatic heterocycles. The summed E-state index contributed by atoms with van der Waals surface area (Å²) in [6.07, 6.45) is 3.74. The minimum atomic E-state index is -0.147. The van der Waals surface area contributed by atoms with Crippen LogP contribution >= 0.6 is 0 Å². The van der Waals surface area contributed by atoms with Crippen LogP contribution in [0.1, 0.15) is 25.0 Å². The fourth-order valence-corrected chi connectivity index (χ4v) is 2.82. The second-order valence-electron chi connectivity index (χ2n) is 5.79. The number of nitrogens with one attached hydrogen (secondary N) is 2. The first-order chi connectivity index (χ1) is 11.2. The third-order valence-corrected chi connectivity index (χ3v) is 3.94. The van der Waals surface area contributed by atoms with Crippen molar-refractivity contribution in [3.63, 3.8) is 0 Å². The van der Waals surface area contributed by atoms with Crippen molar-refractivity contribution in [1.82, 2.24) is 5.16 Å². The molecule has 1 aliphatic rings. The highest BCUT2D eigenvalue weighted by atomic mass is 16.5. The third kappa shape index (κ3) is 4.03. The van der Waals surface area contributed by atoms with Gasteiger partial charge in [0.05, 0.1) is 17.9 Å². The lowest BCUT2D eigenvalue weighted by Crippen LogP contribution is -2.30. The number of para-hydroxylation sites is 2. The van der Waals surface area contributed by atoms with Gasteiger partial charge in [-0.15, -0.1) is 0 Å². The molecular formula is C17H22N4O2. The highest BCUT2D eigenvalue weighted by Crippen LogP contribution is 2.28. The summed E-state index contributed by atoms with van der Waals surface area (Å²) in [6.45, 7) is 4.12. The molecule has 0 spiro atoms. The van der Waals surface area contributed by atoms with Crippen molar-refractivity contribution in [2.24, 2.45) is 0 Å². The van der Waals surface area contributed by atoms with E-state index in [0.717, 1.165) is 24.5 Å². The van der Waals surface area contributed by atoms with Crippen LogP contribution in [0.15, 0.2) is 34.9 Å². The molecule has 23 heavy (non-hydrogen) atoms. The van der Waals surface area contributed by atoms with Gasteiger partial charge < -0.3 is 20.1 Å². The van der Waals surface area contributed by atoms with E-state index in [1.54, 1.807) is 13.0 Å². The molecule has 6 heteroatoms. The molecular weight excluding hydrogens is 292 g/mol. The SMILES string of the molecule is Cc1cc(NC(=O)CNc2ccccc2N2CCCCC2)no1. The molecule has 0 bridgehead atoms. The number of aryl methyl sites for hydroxylation is 1. The zero-order valence-corrected chi connectivity index (χ0v) is 13.3. The van der Waals surface area contributed by atoms with Gasteiger partial charge in [-0.2, -0.15) is 0 Å². The summed E-state index contributed by atoms with van der Waals surface area (Å²) >= 11 is 0. The predicted molar refractivity (Wildman–Crippen MR) is 90.9 cm³/mol. The predicted octanol–water partition coefficient (Wildman–Crippen LogP) is 3.02. The Bertz CT molecular complexity index is 662. The van der Waals surface area contributed by atoms with Gasteiger partial charge in [-0.25, -0.2) is 0 Å². The number of anilines is 3. The first-order valence-electron chi connectivity index (χ1n) is 8.03. The molecule has 1 aliphatic heterocycles. The number of rotatable bonds is 5. The zero-order valence-electron chi connectivity index (χ0n) is 13.3. The van der Waals surface area contributed by atoms with Crippen molar-refractivity contribution in [3.8, 4) is 0 Å². The van der Waals surface area contributed by atoms with E-state index in [0.29, 0.717) is 11.6 Å². The minimum absolute atomic E-state index is 0.147. The minimum Gasteiger partial charge on any atom is -0.374 e. The van der Waals surface area contributed by atoms with E-state index in [9.17, 15) is 4.79 Å². The molecule has 2 heterocycles. The number of piperidine rings is 1. The van der Waals surface area contributed by atoms with Gasteiger partial charge in [0.15, 0.2) is 5.82 Å². The van der Waals surface area contributed by atoms with E-state index in [1.165, 1.54) is 19.3 Å². The summed E-state index contributed by atoms with van der Waals surface area (Å²) in [7, 11) is 0. The normalized spacial score (nSPS) is 14.6. The average Bonchev–Trinajstić information content (AvgIpc) is 2.99. The van der Waals surface area contributed by atoms with Crippen LogP contribution in [0.5, 0.6) is 0 Å². The molecule has 2 aromatic rings. The molecule has 1 fully saturated rings. The Labute approximate surface area is 135 Å². The standard InChI is InChI=1S/C17H22N4O2/c1-13-11-16(20-23-13)19-17(22)12-18-14-7-3-4-8-15(14)21-9-5-2-6-10-21/h3-4,7-8,11,18H,2,5-6,9-10,12H2,1H3,(H,19,20,22). The molecule has 0 aliphatic carbocycles. The van der Waals surface area contributed by atoms with Crippen LogP contribution in [-0.4, -0.2) is 30.7 Å². The number of carbonyl (C=O) groups is 1. The van der Waals surface area contributed by atoms with E-state index in [-0.39, 0.29) is 12.5 Å². The van der Waals surface area contributed by atoms with Crippen LogP contribution < -0.4 is 15.5 Å². The molecule has 0 saturated carbocycles. The van der Waals surface area contributed by atoms with Crippen molar-refractivity contribution < 1.29 is 9.32 Å². The largest absolute Gasteiger partial charge is 0.374 e. The third-order valence-electron chi connectivity index (χ3n) is 3.94. The number of aromatic nitrogens is 1. The number of carbonyl (C=O) groups excluding carboxylic acids is 1. The first-order valence-corrected chi connectivity index (χ1v) is 8.03. The highest BCUT2D eigenvalue weighted by Gasteiger charge is 2.14. The average molecular weight is 314 g/mol. The van der Waals surface area contributed by atoms with Crippen LogP contribution in [0.3, 0.4) is 0 Å². The second-order valence-corrected chi connectivity index (χ2v) is 5.79. The van der Waals surface area contributed by atoms with E-state index in [4.69, 9.17) is 4.52 Å². The topological polar surface area (TPSA) is 70.4 Å². The second kappa shape index (κ2) is 7.17. The Hall–Kier alpha value is -2.50. The van der Waals surface area contributed by atoms with E-state index < -0.39 is 0 Å². The maximum Gasteiger partial charge on any atom is 0.244 e. The molecule has 3 rings (SSSR count). The molecule has 6 nitrogen and oxygen atoms in total. The summed E-state index contributed by atoms with van der Waals surface area (Å²) in [5.74, 6) is 0.967. The number of hydrogen-bond donors (Lipinski definition) is 2. The van der Waals surface area contributed by atoms with Crippen molar-refractivity contribution in [3.05, 3.63) is 36.1 Å². The highest BCUT2D eigenvalue weighted by molar-refractivity contribution is 5.93. The van der Waals surface area contributed by atoms with E-state index in [1.807, 2.05) is 18.2 Å². The first kappa shape index (κ1) is 15.4. The van der Waals surface area contributed by atoms with Crippen molar-refractivity contribution in [2.75, 3.05) is 35.2 Å². The molecule has 0 unspecified atom stereocenters. The molecule has 0 radical (unpaired) electrons. The summed E-state index contributed by atoms with van der Waals surface area (Å²) in [5.41, 5.74) is 2.15. The van der Waals surface area contributed by atoms with Crippen molar-refractivity contribution >= 4 is 23.1 Å². The quantitative estimate of drug-likeness (QED) is 0.887. The van der Waals surface area contributed by atoms with Crippen LogP contribution in [0.4, 0.5) is 17.2 Å². The van der Waals surface area contributed by atoms with Gasteiger partial charge in [0, 0.05) is 19.2 Å². The summed E-state index contributed by atoms with van der Waals surface area (Å²) in [5, 5.41) is 9.70. The lowest BCUT2D eigenvalue weighted by Gasteiger charge is -2.30. The van der Waals surface area contributed by atoms with Gasteiger partial charge in [-0.05, 0) is 38.3 Å². The van der Waals surface area contributed by atoms with Crippen molar-refractivity contribution in [1.29, 1.82) is 0 Å². The molecule has 0 atom stereocenters. The Kier molecular flexibility index (Phi) is 4.80. The fraction of sp³-hybridized carbons (Fsp3) is 0.412.